The molecule has 0 bridgehead atoms. The summed E-state index contributed by atoms with van der Waals surface area (Å²) in [5.41, 5.74) is 1.75. The molecule has 160 valence electrons. The van der Waals surface area contributed by atoms with Crippen molar-refractivity contribution in [2.75, 3.05) is 49.4 Å². The van der Waals surface area contributed by atoms with Crippen LogP contribution < -0.4 is 10.0 Å². The number of sulfonamides is 1. The van der Waals surface area contributed by atoms with E-state index in [1.165, 1.54) is 12.1 Å². The minimum absolute atomic E-state index is 0.0586. The maximum Gasteiger partial charge on any atom is 0.264 e. The molecular weight excluding hydrogens is 449 g/mol. The quantitative estimate of drug-likeness (QED) is 0.536. The molecule has 0 amide bonds. The number of furan rings is 1. The Morgan fingerprint density at radius 2 is 1.80 bits per heavy atom. The van der Waals surface area contributed by atoms with Crippen LogP contribution in [0.1, 0.15) is 0 Å². The lowest BCUT2D eigenvalue weighted by atomic mass is 10.2. The normalized spacial score (nSPS) is 15.4. The van der Waals surface area contributed by atoms with E-state index >= 15 is 0 Å². The number of morpholine rings is 1. The zero-order chi connectivity index (χ0) is 21.1. The molecule has 10 heteroatoms. The van der Waals surface area contributed by atoms with E-state index in [1.807, 2.05) is 0 Å². The van der Waals surface area contributed by atoms with Crippen molar-refractivity contribution in [2.24, 2.45) is 0 Å². The van der Waals surface area contributed by atoms with Crippen molar-refractivity contribution in [3.8, 4) is 0 Å². The third kappa shape index (κ3) is 4.68. The van der Waals surface area contributed by atoms with E-state index in [0.29, 0.717) is 23.5 Å². The van der Waals surface area contributed by atoms with Crippen molar-refractivity contribution in [1.29, 1.82) is 0 Å². The first kappa shape index (κ1) is 21.3. The minimum Gasteiger partial charge on any atom is -0.462 e. The molecule has 4 rings (SSSR count). The molecular formula is C20H21Cl2N3O4S. The van der Waals surface area contributed by atoms with Crippen LogP contribution >= 0.6 is 23.2 Å². The number of rotatable bonds is 7. The van der Waals surface area contributed by atoms with Crippen LogP contribution in [0.4, 0.5) is 11.4 Å². The second kappa shape index (κ2) is 9.03. The fraction of sp³-hybridized carbons (Fsp3) is 0.300. The Morgan fingerprint density at radius 1 is 1.07 bits per heavy atom. The summed E-state index contributed by atoms with van der Waals surface area (Å²) in [6.45, 7) is 4.81. The molecule has 0 spiro atoms. The monoisotopic (exact) mass is 469 g/mol. The average molecular weight is 470 g/mol. The Labute approximate surface area is 184 Å². The fourth-order valence-corrected chi connectivity index (χ4v) is 5.58. The maximum atomic E-state index is 12.9. The van der Waals surface area contributed by atoms with Gasteiger partial charge >= 0.3 is 0 Å². The van der Waals surface area contributed by atoms with Gasteiger partial charge in [0.15, 0.2) is 5.58 Å². The molecule has 2 heterocycles. The van der Waals surface area contributed by atoms with E-state index in [-0.39, 0.29) is 14.9 Å². The molecule has 7 nitrogen and oxygen atoms in total. The Bertz CT molecular complexity index is 1120. The number of nitrogens with one attached hydrogen (secondary N) is 2. The van der Waals surface area contributed by atoms with Crippen LogP contribution in [0.2, 0.25) is 10.0 Å². The van der Waals surface area contributed by atoms with Crippen molar-refractivity contribution >= 4 is 55.6 Å². The first-order chi connectivity index (χ1) is 14.4. The predicted molar refractivity (Wildman–Crippen MR) is 119 cm³/mol. The van der Waals surface area contributed by atoms with Crippen LogP contribution in [-0.4, -0.2) is 52.7 Å². The molecule has 0 aliphatic carbocycles. The van der Waals surface area contributed by atoms with Gasteiger partial charge in [-0.3, -0.25) is 9.62 Å². The summed E-state index contributed by atoms with van der Waals surface area (Å²) in [5, 5.41) is 4.24. The van der Waals surface area contributed by atoms with Crippen LogP contribution in [-0.2, 0) is 14.8 Å². The lowest BCUT2D eigenvalue weighted by Crippen LogP contribution is -2.39. The van der Waals surface area contributed by atoms with Crippen molar-refractivity contribution < 1.29 is 17.6 Å². The number of benzene rings is 2. The lowest BCUT2D eigenvalue weighted by molar-refractivity contribution is 0.0398. The number of hydrogen-bond donors (Lipinski definition) is 2. The number of halogens is 2. The standard InChI is InChI=1S/C20H21Cl2N3O4S/c21-16-2-1-3-17(22)20(16)30(26,27)24-15-12-14-4-9-29-19(14)18(13-15)23-5-6-25-7-10-28-11-8-25/h1-4,9,12-13,23-24H,5-8,10-11H2. The number of ether oxygens (including phenoxy) is 1. The van der Waals surface area contributed by atoms with Crippen LogP contribution in [0.5, 0.6) is 0 Å². The second-order valence-electron chi connectivity index (χ2n) is 6.90. The molecule has 1 aromatic heterocycles. The Hall–Kier alpha value is -1.97. The van der Waals surface area contributed by atoms with Crippen LogP contribution in [0.3, 0.4) is 0 Å². The highest BCUT2D eigenvalue weighted by atomic mass is 35.5. The molecule has 3 aromatic rings. The average Bonchev–Trinajstić information content (AvgIpc) is 3.17. The summed E-state index contributed by atoms with van der Waals surface area (Å²) in [6, 6.07) is 9.75. The van der Waals surface area contributed by atoms with Gasteiger partial charge in [0.2, 0.25) is 0 Å². The first-order valence-electron chi connectivity index (χ1n) is 9.46. The van der Waals surface area contributed by atoms with Gasteiger partial charge in [0.1, 0.15) is 4.90 Å². The van der Waals surface area contributed by atoms with Gasteiger partial charge in [-0.05, 0) is 30.3 Å². The van der Waals surface area contributed by atoms with E-state index < -0.39 is 10.0 Å². The molecule has 0 unspecified atom stereocenters. The topological polar surface area (TPSA) is 83.8 Å². The van der Waals surface area contributed by atoms with Gasteiger partial charge < -0.3 is 14.5 Å². The summed E-state index contributed by atoms with van der Waals surface area (Å²) in [4.78, 5) is 2.16. The number of nitrogens with zero attached hydrogens (tertiary/aromatic N) is 1. The van der Waals surface area contributed by atoms with Crippen LogP contribution in [0, 0.1) is 0 Å². The van der Waals surface area contributed by atoms with Gasteiger partial charge in [-0.2, -0.15) is 0 Å². The largest absolute Gasteiger partial charge is 0.462 e. The molecule has 2 aromatic carbocycles. The minimum atomic E-state index is -3.98. The molecule has 2 N–H and O–H groups in total. The van der Waals surface area contributed by atoms with Crippen molar-refractivity contribution in [3.63, 3.8) is 0 Å². The van der Waals surface area contributed by atoms with Gasteiger partial charge in [-0.15, -0.1) is 0 Å². The third-order valence-electron chi connectivity index (χ3n) is 4.84. The zero-order valence-electron chi connectivity index (χ0n) is 16.0. The Kier molecular flexibility index (Phi) is 6.40. The van der Waals surface area contributed by atoms with Crippen molar-refractivity contribution in [2.45, 2.75) is 4.90 Å². The summed E-state index contributed by atoms with van der Waals surface area (Å²) < 4.78 is 39.3. The molecule has 0 atom stereocenters. The molecule has 0 radical (unpaired) electrons. The van der Waals surface area contributed by atoms with Gasteiger partial charge in [0.25, 0.3) is 10.0 Å². The number of anilines is 2. The van der Waals surface area contributed by atoms with Gasteiger partial charge in [0, 0.05) is 31.6 Å². The number of hydrogen-bond acceptors (Lipinski definition) is 6. The molecule has 1 saturated heterocycles. The van der Waals surface area contributed by atoms with Gasteiger partial charge in [-0.25, -0.2) is 8.42 Å². The van der Waals surface area contributed by atoms with Crippen molar-refractivity contribution in [1.82, 2.24) is 4.90 Å². The first-order valence-corrected chi connectivity index (χ1v) is 11.7. The van der Waals surface area contributed by atoms with Gasteiger partial charge in [-0.1, -0.05) is 29.3 Å². The molecule has 1 aliphatic heterocycles. The zero-order valence-corrected chi connectivity index (χ0v) is 18.4. The maximum absolute atomic E-state index is 12.9. The van der Waals surface area contributed by atoms with Crippen LogP contribution in [0.25, 0.3) is 11.0 Å². The summed E-state index contributed by atoms with van der Waals surface area (Å²) in [6.07, 6.45) is 1.57. The van der Waals surface area contributed by atoms with E-state index in [4.69, 9.17) is 32.4 Å². The SMILES string of the molecule is O=S(=O)(Nc1cc(NCCN2CCOCC2)c2occc2c1)c1c(Cl)cccc1Cl. The lowest BCUT2D eigenvalue weighted by Gasteiger charge is -2.26. The second-order valence-corrected chi connectivity index (χ2v) is 9.33. The van der Waals surface area contributed by atoms with E-state index in [9.17, 15) is 8.42 Å². The Morgan fingerprint density at radius 3 is 2.53 bits per heavy atom. The predicted octanol–water partition coefficient (Wildman–Crippen LogP) is 4.28. The molecule has 0 saturated carbocycles. The van der Waals surface area contributed by atoms with Crippen molar-refractivity contribution in [3.05, 3.63) is 52.7 Å². The summed E-state index contributed by atoms with van der Waals surface area (Å²) >= 11 is 12.2. The highest BCUT2D eigenvalue weighted by molar-refractivity contribution is 7.93. The van der Waals surface area contributed by atoms with E-state index in [2.05, 4.69) is 14.9 Å². The highest BCUT2D eigenvalue weighted by Gasteiger charge is 2.22. The molecule has 1 fully saturated rings. The smallest absolute Gasteiger partial charge is 0.264 e. The Balaban J connectivity index is 1.56. The summed E-state index contributed by atoms with van der Waals surface area (Å²) in [7, 11) is -3.98. The summed E-state index contributed by atoms with van der Waals surface area (Å²) in [5.74, 6) is 0. The molecule has 30 heavy (non-hydrogen) atoms. The fourth-order valence-electron chi connectivity index (χ4n) is 3.39. The molecule has 1 aliphatic rings. The third-order valence-corrected chi connectivity index (χ3v) is 7.17. The van der Waals surface area contributed by atoms with Crippen LogP contribution in [0.15, 0.2) is 52.0 Å². The van der Waals surface area contributed by atoms with Gasteiger partial charge in [0.05, 0.1) is 40.9 Å². The van der Waals surface area contributed by atoms with E-state index in [0.717, 1.165) is 38.2 Å². The highest BCUT2D eigenvalue weighted by Crippen LogP contribution is 2.33. The van der Waals surface area contributed by atoms with E-state index in [1.54, 1.807) is 30.5 Å². The number of fused-ring (bicyclic) bond motifs is 1.